The minimum Gasteiger partial charge on any atom is -0.497 e. The first kappa shape index (κ1) is 22.9. The number of carbonyl (C=O) groups excluding carboxylic acids is 1. The lowest BCUT2D eigenvalue weighted by Gasteiger charge is -2.25. The van der Waals surface area contributed by atoms with Gasteiger partial charge in [0, 0.05) is 24.3 Å². The summed E-state index contributed by atoms with van der Waals surface area (Å²) in [6.07, 6.45) is 0. The molecule has 0 aromatic heterocycles. The molecule has 0 bridgehead atoms. The Bertz CT molecular complexity index is 895. The van der Waals surface area contributed by atoms with Gasteiger partial charge in [0.15, 0.2) is 0 Å². The van der Waals surface area contributed by atoms with Crippen molar-refractivity contribution in [2.75, 3.05) is 25.5 Å². The third-order valence-corrected chi connectivity index (χ3v) is 6.09. The van der Waals surface area contributed by atoms with E-state index in [1.807, 2.05) is 27.7 Å². The van der Waals surface area contributed by atoms with Crippen LogP contribution in [0.5, 0.6) is 5.75 Å². The fraction of sp³-hybridized carbons (Fsp3) is 0.409. The first-order chi connectivity index (χ1) is 13.6. The van der Waals surface area contributed by atoms with Crippen molar-refractivity contribution in [2.45, 2.75) is 32.6 Å². The van der Waals surface area contributed by atoms with Crippen molar-refractivity contribution in [3.63, 3.8) is 0 Å². The first-order valence-electron chi connectivity index (χ1n) is 9.69. The number of nitrogens with zero attached hydrogens (tertiary/aromatic N) is 1. The van der Waals surface area contributed by atoms with Crippen molar-refractivity contribution in [2.24, 2.45) is 11.8 Å². The van der Waals surface area contributed by atoms with E-state index in [0.717, 1.165) is 0 Å². The summed E-state index contributed by atoms with van der Waals surface area (Å²) in [5.41, 5.74) is 1.02. The Balaban J connectivity index is 2.17. The zero-order valence-corrected chi connectivity index (χ0v) is 18.5. The van der Waals surface area contributed by atoms with Gasteiger partial charge in [-0.2, -0.15) is 4.31 Å². The molecule has 0 aliphatic carbocycles. The normalized spacial score (nSPS) is 11.9. The monoisotopic (exact) mass is 418 g/mol. The maximum atomic E-state index is 13.0. The summed E-state index contributed by atoms with van der Waals surface area (Å²) in [7, 11) is -2.04. The molecule has 0 aliphatic heterocycles. The molecule has 0 aliphatic rings. The second-order valence-corrected chi connectivity index (χ2v) is 9.75. The van der Waals surface area contributed by atoms with Crippen LogP contribution < -0.4 is 10.1 Å². The van der Waals surface area contributed by atoms with Crippen molar-refractivity contribution in [3.05, 3.63) is 54.1 Å². The summed E-state index contributed by atoms with van der Waals surface area (Å²) in [5, 5.41) is 2.79. The molecule has 0 heterocycles. The van der Waals surface area contributed by atoms with Gasteiger partial charge in [-0.1, -0.05) is 27.7 Å². The van der Waals surface area contributed by atoms with Gasteiger partial charge in [-0.05, 0) is 60.4 Å². The molecule has 7 heteroatoms. The predicted octanol–water partition coefficient (Wildman–Crippen LogP) is 4.25. The Kier molecular flexibility index (Phi) is 7.81. The molecule has 0 radical (unpaired) electrons. The molecule has 2 aromatic rings. The van der Waals surface area contributed by atoms with Crippen molar-refractivity contribution in [3.8, 4) is 5.75 Å². The number of ether oxygens (including phenoxy) is 1. The molecular formula is C22H30N2O4S. The predicted molar refractivity (Wildman–Crippen MR) is 116 cm³/mol. The first-order valence-corrected chi connectivity index (χ1v) is 11.1. The molecule has 0 spiro atoms. The summed E-state index contributed by atoms with van der Waals surface area (Å²) in [6.45, 7) is 8.90. The number of rotatable bonds is 9. The highest BCUT2D eigenvalue weighted by Gasteiger charge is 2.26. The topological polar surface area (TPSA) is 75.7 Å². The second-order valence-electron chi connectivity index (χ2n) is 7.82. The van der Waals surface area contributed by atoms with Crippen LogP contribution in [-0.4, -0.2) is 38.8 Å². The van der Waals surface area contributed by atoms with Crippen LogP contribution in [0, 0.1) is 11.8 Å². The standard InChI is InChI=1S/C22H30N2O4S/c1-16(2)14-24(15-17(3)4)29(26,27)21-12-6-18(7-13-21)22(25)23-19-8-10-20(28-5)11-9-19/h6-13,16-17H,14-15H2,1-5H3,(H,23,25). The highest BCUT2D eigenvalue weighted by molar-refractivity contribution is 7.89. The van der Waals surface area contributed by atoms with E-state index in [2.05, 4.69) is 5.32 Å². The molecule has 1 amide bonds. The van der Waals surface area contributed by atoms with E-state index in [1.165, 1.54) is 28.6 Å². The van der Waals surface area contributed by atoms with E-state index >= 15 is 0 Å². The quantitative estimate of drug-likeness (QED) is 0.660. The number of methoxy groups -OCH3 is 1. The third kappa shape index (κ3) is 6.30. The number of hydrogen-bond acceptors (Lipinski definition) is 4. The lowest BCUT2D eigenvalue weighted by Crippen LogP contribution is -2.37. The number of amides is 1. The van der Waals surface area contributed by atoms with Crippen LogP contribution in [0.3, 0.4) is 0 Å². The number of benzene rings is 2. The Labute approximate surface area is 173 Å². The van der Waals surface area contributed by atoms with E-state index < -0.39 is 10.0 Å². The SMILES string of the molecule is COc1ccc(NC(=O)c2ccc(S(=O)(=O)N(CC(C)C)CC(C)C)cc2)cc1. The van der Waals surface area contributed by atoms with Crippen LogP contribution in [0.25, 0.3) is 0 Å². The number of anilines is 1. The van der Waals surface area contributed by atoms with E-state index in [0.29, 0.717) is 30.1 Å². The molecule has 2 rings (SSSR count). The maximum Gasteiger partial charge on any atom is 0.255 e. The minimum absolute atomic E-state index is 0.194. The molecule has 0 unspecified atom stereocenters. The van der Waals surface area contributed by atoms with Gasteiger partial charge in [0.25, 0.3) is 5.91 Å². The van der Waals surface area contributed by atoms with Gasteiger partial charge in [-0.25, -0.2) is 8.42 Å². The second kappa shape index (κ2) is 9.89. The summed E-state index contributed by atoms with van der Waals surface area (Å²) in [6, 6.07) is 13.0. The van der Waals surface area contributed by atoms with Crippen molar-refractivity contribution >= 4 is 21.6 Å². The van der Waals surface area contributed by atoms with Crippen molar-refractivity contribution in [1.82, 2.24) is 4.31 Å². The molecule has 0 fully saturated rings. The molecule has 158 valence electrons. The summed E-state index contributed by atoms with van der Waals surface area (Å²) < 4.78 is 32.7. The van der Waals surface area contributed by atoms with Crippen LogP contribution in [-0.2, 0) is 10.0 Å². The average molecular weight is 419 g/mol. The fourth-order valence-electron chi connectivity index (χ4n) is 2.89. The minimum atomic E-state index is -3.61. The fourth-order valence-corrected chi connectivity index (χ4v) is 4.66. The van der Waals surface area contributed by atoms with Crippen LogP contribution in [0.15, 0.2) is 53.4 Å². The van der Waals surface area contributed by atoms with E-state index in [4.69, 9.17) is 4.74 Å². The number of hydrogen-bond donors (Lipinski definition) is 1. The van der Waals surface area contributed by atoms with Crippen molar-refractivity contribution < 1.29 is 17.9 Å². The Morgan fingerprint density at radius 2 is 1.45 bits per heavy atom. The largest absolute Gasteiger partial charge is 0.497 e. The number of nitrogens with one attached hydrogen (secondary N) is 1. The molecule has 6 nitrogen and oxygen atoms in total. The maximum absolute atomic E-state index is 13.0. The van der Waals surface area contributed by atoms with Crippen LogP contribution in [0.4, 0.5) is 5.69 Å². The molecule has 0 saturated carbocycles. The lowest BCUT2D eigenvalue weighted by atomic mass is 10.2. The van der Waals surface area contributed by atoms with E-state index in [9.17, 15) is 13.2 Å². The Hall–Kier alpha value is -2.38. The number of carbonyl (C=O) groups is 1. The molecular weight excluding hydrogens is 388 g/mol. The van der Waals surface area contributed by atoms with Crippen LogP contribution in [0.2, 0.25) is 0 Å². The van der Waals surface area contributed by atoms with E-state index in [-0.39, 0.29) is 22.6 Å². The van der Waals surface area contributed by atoms with Gasteiger partial charge in [0.05, 0.1) is 12.0 Å². The van der Waals surface area contributed by atoms with Gasteiger partial charge in [-0.15, -0.1) is 0 Å². The molecule has 2 aromatic carbocycles. The van der Waals surface area contributed by atoms with E-state index in [1.54, 1.807) is 31.4 Å². The molecule has 29 heavy (non-hydrogen) atoms. The Morgan fingerprint density at radius 3 is 1.90 bits per heavy atom. The lowest BCUT2D eigenvalue weighted by molar-refractivity contribution is 0.102. The zero-order valence-electron chi connectivity index (χ0n) is 17.7. The zero-order chi connectivity index (χ0) is 21.6. The van der Waals surface area contributed by atoms with Crippen molar-refractivity contribution in [1.29, 1.82) is 0 Å². The van der Waals surface area contributed by atoms with Crippen LogP contribution >= 0.6 is 0 Å². The van der Waals surface area contributed by atoms with Gasteiger partial charge in [0.1, 0.15) is 5.75 Å². The molecule has 0 atom stereocenters. The smallest absolute Gasteiger partial charge is 0.255 e. The van der Waals surface area contributed by atoms with Crippen LogP contribution in [0.1, 0.15) is 38.1 Å². The van der Waals surface area contributed by atoms with Gasteiger partial charge >= 0.3 is 0 Å². The summed E-state index contributed by atoms with van der Waals surface area (Å²) in [5.74, 6) is 0.835. The third-order valence-electron chi connectivity index (χ3n) is 4.24. The molecule has 0 saturated heterocycles. The van der Waals surface area contributed by atoms with Gasteiger partial charge in [-0.3, -0.25) is 4.79 Å². The average Bonchev–Trinajstić information content (AvgIpc) is 2.67. The Morgan fingerprint density at radius 1 is 0.931 bits per heavy atom. The number of sulfonamides is 1. The highest BCUT2D eigenvalue weighted by Crippen LogP contribution is 2.20. The van der Waals surface area contributed by atoms with Gasteiger partial charge < -0.3 is 10.1 Å². The summed E-state index contributed by atoms with van der Waals surface area (Å²) >= 11 is 0. The summed E-state index contributed by atoms with van der Waals surface area (Å²) in [4.78, 5) is 12.6. The molecule has 1 N–H and O–H groups in total. The van der Waals surface area contributed by atoms with Gasteiger partial charge in [0.2, 0.25) is 10.0 Å². The highest BCUT2D eigenvalue weighted by atomic mass is 32.2.